The van der Waals surface area contributed by atoms with Crippen molar-refractivity contribution in [3.63, 3.8) is 0 Å². The van der Waals surface area contributed by atoms with E-state index in [0.29, 0.717) is 12.1 Å². The molecule has 1 aliphatic heterocycles. The minimum absolute atomic E-state index is 0.0959. The lowest BCUT2D eigenvalue weighted by atomic mass is 9.79. The van der Waals surface area contributed by atoms with E-state index in [9.17, 15) is 0 Å². The molecular weight excluding hydrogens is 348 g/mol. The predicted octanol–water partition coefficient (Wildman–Crippen LogP) is 4.47. The first-order valence-electron chi connectivity index (χ1n) is 10.3. The molecule has 3 atom stereocenters. The van der Waals surface area contributed by atoms with Gasteiger partial charge >= 0.3 is 0 Å². The zero-order chi connectivity index (χ0) is 19.7. The fourth-order valence-corrected chi connectivity index (χ4v) is 4.80. The average molecular weight is 381 g/mol. The van der Waals surface area contributed by atoms with Gasteiger partial charge in [-0.3, -0.25) is 0 Å². The van der Waals surface area contributed by atoms with Crippen molar-refractivity contribution in [2.45, 2.75) is 63.6 Å². The van der Waals surface area contributed by atoms with Gasteiger partial charge in [-0.1, -0.05) is 32.0 Å². The fourth-order valence-electron chi connectivity index (χ4n) is 4.80. The summed E-state index contributed by atoms with van der Waals surface area (Å²) in [4.78, 5) is 7.67. The summed E-state index contributed by atoms with van der Waals surface area (Å²) in [5.41, 5.74) is 3.88. The lowest BCUT2D eigenvalue weighted by molar-refractivity contribution is -0.00577. The fraction of sp³-hybridized carbons (Fsp3) is 0.522. The number of imidazole rings is 1. The van der Waals surface area contributed by atoms with E-state index < -0.39 is 0 Å². The number of ether oxygens (including phenoxy) is 1. The summed E-state index contributed by atoms with van der Waals surface area (Å²) in [6, 6.07) is 9.48. The van der Waals surface area contributed by atoms with Crippen molar-refractivity contribution in [3.05, 3.63) is 54.2 Å². The van der Waals surface area contributed by atoms with Crippen LogP contribution in [0, 0.1) is 0 Å². The van der Waals surface area contributed by atoms with Crippen LogP contribution in [0.25, 0.3) is 10.9 Å². The number of aromatic amines is 1. The number of nitrogens with zero attached hydrogens (tertiary/aromatic N) is 2. The van der Waals surface area contributed by atoms with Crippen LogP contribution >= 0.6 is 0 Å². The molecule has 1 aliphatic rings. The van der Waals surface area contributed by atoms with Gasteiger partial charge < -0.3 is 19.6 Å². The first kappa shape index (κ1) is 19.2. The molecule has 0 saturated carbocycles. The molecule has 5 nitrogen and oxygen atoms in total. The van der Waals surface area contributed by atoms with E-state index in [-0.39, 0.29) is 11.5 Å². The zero-order valence-corrected chi connectivity index (χ0v) is 17.4. The molecule has 28 heavy (non-hydrogen) atoms. The lowest BCUT2D eigenvalue weighted by Crippen LogP contribution is -2.43. The minimum atomic E-state index is 0.0959. The number of H-pyrrole nitrogens is 1. The molecule has 0 amide bonds. The third kappa shape index (κ3) is 3.87. The van der Waals surface area contributed by atoms with Crippen molar-refractivity contribution >= 4 is 10.9 Å². The molecule has 0 spiro atoms. The predicted molar refractivity (Wildman–Crippen MR) is 113 cm³/mol. The molecule has 1 saturated heterocycles. The molecule has 0 unspecified atom stereocenters. The highest BCUT2D eigenvalue weighted by atomic mass is 16.5. The van der Waals surface area contributed by atoms with Crippen LogP contribution in [-0.2, 0) is 17.2 Å². The smallest absolute Gasteiger partial charge is 0.100 e. The molecule has 0 radical (unpaired) electrons. The second kappa shape index (κ2) is 7.72. The summed E-state index contributed by atoms with van der Waals surface area (Å²) in [6.07, 6.45) is 9.24. The Labute approximate surface area is 167 Å². The summed E-state index contributed by atoms with van der Waals surface area (Å²) < 4.78 is 8.08. The number of para-hydroxylation sites is 1. The standard InChI is InChI=1S/C23H32N4O/c1-16(12-23(2,3)19-13-25-20-8-6-5-7-18(19)20)26-17-9-10-28-22(11-17)21-14-24-15-27(21)4/h5-8,13-17,22,25-26H,9-12H2,1-4H3/t16-,17-,22+/m1/s1. The molecule has 3 heterocycles. The quantitative estimate of drug-likeness (QED) is 0.663. The van der Waals surface area contributed by atoms with E-state index in [1.165, 1.54) is 22.2 Å². The Morgan fingerprint density at radius 2 is 2.18 bits per heavy atom. The molecular formula is C23H32N4O. The maximum absolute atomic E-state index is 6.02. The van der Waals surface area contributed by atoms with Crippen LogP contribution in [0.15, 0.2) is 43.0 Å². The summed E-state index contributed by atoms with van der Waals surface area (Å²) in [5, 5.41) is 5.21. The number of nitrogens with one attached hydrogen (secondary N) is 2. The topological polar surface area (TPSA) is 54.9 Å². The van der Waals surface area contributed by atoms with E-state index in [1.54, 1.807) is 0 Å². The Balaban J connectivity index is 1.40. The highest BCUT2D eigenvalue weighted by molar-refractivity contribution is 5.84. The van der Waals surface area contributed by atoms with E-state index in [0.717, 1.165) is 25.9 Å². The van der Waals surface area contributed by atoms with E-state index in [4.69, 9.17) is 4.74 Å². The minimum Gasteiger partial charge on any atom is -0.372 e. The first-order valence-corrected chi connectivity index (χ1v) is 10.3. The van der Waals surface area contributed by atoms with Crippen molar-refractivity contribution in [2.24, 2.45) is 7.05 Å². The summed E-state index contributed by atoms with van der Waals surface area (Å²) in [6.45, 7) is 7.81. The monoisotopic (exact) mass is 380 g/mol. The lowest BCUT2D eigenvalue weighted by Gasteiger charge is -2.35. The number of aryl methyl sites for hydroxylation is 1. The van der Waals surface area contributed by atoms with Gasteiger partial charge in [0, 0.05) is 42.8 Å². The number of fused-ring (bicyclic) bond motifs is 1. The second-order valence-electron chi connectivity index (χ2n) is 8.91. The molecule has 0 bridgehead atoms. The molecule has 2 aromatic heterocycles. The SMILES string of the molecule is C[C@H](CC(C)(C)c1c[nH]c2ccccc12)N[C@@H]1CCO[C@H](c2cncn2C)C1. The van der Waals surface area contributed by atoms with Crippen LogP contribution in [0.4, 0.5) is 0 Å². The van der Waals surface area contributed by atoms with Crippen molar-refractivity contribution in [1.29, 1.82) is 0 Å². The average Bonchev–Trinajstić information content (AvgIpc) is 3.27. The Kier molecular flexibility index (Phi) is 5.30. The number of rotatable bonds is 6. The van der Waals surface area contributed by atoms with Gasteiger partial charge in [-0.05, 0) is 43.2 Å². The summed E-state index contributed by atoms with van der Waals surface area (Å²) >= 11 is 0. The van der Waals surface area contributed by atoms with Crippen LogP contribution in [0.2, 0.25) is 0 Å². The van der Waals surface area contributed by atoms with Crippen LogP contribution in [0.5, 0.6) is 0 Å². The van der Waals surface area contributed by atoms with Gasteiger partial charge in [0.15, 0.2) is 0 Å². The Morgan fingerprint density at radius 3 is 2.96 bits per heavy atom. The van der Waals surface area contributed by atoms with Crippen molar-refractivity contribution in [3.8, 4) is 0 Å². The van der Waals surface area contributed by atoms with Crippen molar-refractivity contribution < 1.29 is 4.74 Å². The van der Waals surface area contributed by atoms with Gasteiger partial charge in [0.2, 0.25) is 0 Å². The first-order chi connectivity index (χ1) is 13.4. The van der Waals surface area contributed by atoms with Gasteiger partial charge in [0.25, 0.3) is 0 Å². The molecule has 2 N–H and O–H groups in total. The highest BCUT2D eigenvalue weighted by Crippen LogP contribution is 2.34. The molecule has 1 fully saturated rings. The molecule has 5 heteroatoms. The van der Waals surface area contributed by atoms with Gasteiger partial charge in [0.05, 0.1) is 18.2 Å². The van der Waals surface area contributed by atoms with E-state index in [1.807, 2.05) is 19.6 Å². The van der Waals surface area contributed by atoms with E-state index in [2.05, 4.69) is 71.1 Å². The van der Waals surface area contributed by atoms with Crippen LogP contribution in [0.3, 0.4) is 0 Å². The number of hydrogen-bond acceptors (Lipinski definition) is 3. The number of benzene rings is 1. The van der Waals surface area contributed by atoms with Gasteiger partial charge in [-0.2, -0.15) is 0 Å². The van der Waals surface area contributed by atoms with Crippen LogP contribution < -0.4 is 5.32 Å². The Bertz CT molecular complexity index is 925. The number of aromatic nitrogens is 3. The molecule has 150 valence electrons. The third-order valence-electron chi connectivity index (χ3n) is 6.12. The van der Waals surface area contributed by atoms with Crippen molar-refractivity contribution in [1.82, 2.24) is 19.9 Å². The normalized spacial score (nSPS) is 21.9. The van der Waals surface area contributed by atoms with Crippen LogP contribution in [-0.4, -0.2) is 33.2 Å². The Hall–Kier alpha value is -2.11. The highest BCUT2D eigenvalue weighted by Gasteiger charge is 2.30. The van der Waals surface area contributed by atoms with E-state index >= 15 is 0 Å². The molecule has 0 aliphatic carbocycles. The molecule has 1 aromatic carbocycles. The largest absolute Gasteiger partial charge is 0.372 e. The molecule has 4 rings (SSSR count). The summed E-state index contributed by atoms with van der Waals surface area (Å²) in [5.74, 6) is 0. The molecule has 3 aromatic rings. The number of hydrogen-bond donors (Lipinski definition) is 2. The maximum atomic E-state index is 6.02. The maximum Gasteiger partial charge on any atom is 0.100 e. The van der Waals surface area contributed by atoms with Crippen LogP contribution in [0.1, 0.15) is 57.4 Å². The summed E-state index contributed by atoms with van der Waals surface area (Å²) in [7, 11) is 2.04. The van der Waals surface area contributed by atoms with Gasteiger partial charge in [-0.15, -0.1) is 0 Å². The second-order valence-corrected chi connectivity index (χ2v) is 8.91. The van der Waals surface area contributed by atoms with Crippen molar-refractivity contribution in [2.75, 3.05) is 6.61 Å². The third-order valence-corrected chi connectivity index (χ3v) is 6.12. The zero-order valence-electron chi connectivity index (χ0n) is 17.4. The van der Waals surface area contributed by atoms with Gasteiger partial charge in [-0.25, -0.2) is 4.98 Å². The Morgan fingerprint density at radius 1 is 1.36 bits per heavy atom. The van der Waals surface area contributed by atoms with Gasteiger partial charge in [0.1, 0.15) is 6.10 Å².